The highest BCUT2D eigenvalue weighted by Crippen LogP contribution is 2.37. The first-order valence-electron chi connectivity index (χ1n) is 7.48. The molecule has 0 heterocycles. The molecule has 1 atom stereocenters. The topological polar surface area (TPSA) is 29.1 Å². The Kier molecular flexibility index (Phi) is 7.67. The third-order valence-electron chi connectivity index (χ3n) is 3.17. The molecule has 1 unspecified atom stereocenters. The fraction of sp³-hybridized carbons (Fsp3) is 0.500. The first-order chi connectivity index (χ1) is 11.4. The number of benzene rings is 1. The van der Waals surface area contributed by atoms with Gasteiger partial charge in [0.05, 0.1) is 21.9 Å². The Balaban J connectivity index is 2.90. The Morgan fingerprint density at radius 3 is 2.00 bits per heavy atom. The van der Waals surface area contributed by atoms with Gasteiger partial charge in [0, 0.05) is 16.8 Å². The highest BCUT2D eigenvalue weighted by Gasteiger charge is 2.37. The maximum Gasteiger partial charge on any atom is 0.416 e. The predicted octanol–water partition coefficient (Wildman–Crippen LogP) is 4.98. The van der Waals surface area contributed by atoms with E-state index in [0.29, 0.717) is 31.1 Å². The number of hydrogen-bond acceptors (Lipinski definition) is 2. The summed E-state index contributed by atoms with van der Waals surface area (Å²) in [6.45, 7) is 5.11. The minimum atomic E-state index is -4.96. The summed E-state index contributed by atoms with van der Waals surface area (Å²) < 4.78 is 88.6. The van der Waals surface area contributed by atoms with Crippen LogP contribution in [0.25, 0.3) is 0 Å². The van der Waals surface area contributed by atoms with Gasteiger partial charge in [-0.05, 0) is 37.1 Å². The van der Waals surface area contributed by atoms with E-state index < -0.39 is 39.2 Å². The first-order valence-corrected chi connectivity index (χ1v) is 8.70. The van der Waals surface area contributed by atoms with Crippen LogP contribution >= 0.6 is 0 Å². The Bertz CT molecular complexity index is 590. The van der Waals surface area contributed by atoms with Crippen LogP contribution in [-0.2, 0) is 23.2 Å². The number of nitrogens with one attached hydrogen (secondary N) is 1. The minimum absolute atomic E-state index is 0.0118. The monoisotopic (exact) mass is 387 g/mol. The molecule has 0 aliphatic carbocycles. The Hall–Kier alpha value is -1.35. The molecule has 1 aromatic carbocycles. The quantitative estimate of drug-likeness (QED) is 0.528. The van der Waals surface area contributed by atoms with Crippen molar-refractivity contribution in [1.82, 2.24) is 5.32 Å². The third-order valence-corrected chi connectivity index (χ3v) is 4.31. The minimum Gasteiger partial charge on any atom is -0.313 e. The van der Waals surface area contributed by atoms with E-state index >= 15 is 0 Å². The molecule has 142 valence electrons. The van der Waals surface area contributed by atoms with Crippen molar-refractivity contribution >= 4 is 10.8 Å². The van der Waals surface area contributed by atoms with E-state index in [-0.39, 0.29) is 6.07 Å². The highest BCUT2D eigenvalue weighted by molar-refractivity contribution is 7.88. The van der Waals surface area contributed by atoms with E-state index in [9.17, 15) is 30.6 Å². The van der Waals surface area contributed by atoms with E-state index in [2.05, 4.69) is 5.32 Å². The SMILES string of the molecule is CC(C)CCNC/C=C/S(=O)c1cc(C(F)(F)F)cc(C(F)(F)F)c1. The van der Waals surface area contributed by atoms with Gasteiger partial charge < -0.3 is 5.32 Å². The second-order valence-corrected chi connectivity index (χ2v) is 7.14. The molecular formula is C16H19F6NOS. The van der Waals surface area contributed by atoms with Gasteiger partial charge in [-0.1, -0.05) is 19.9 Å². The fourth-order valence-corrected chi connectivity index (χ4v) is 2.75. The second kappa shape index (κ2) is 8.84. The summed E-state index contributed by atoms with van der Waals surface area (Å²) in [4.78, 5) is -0.541. The lowest BCUT2D eigenvalue weighted by Crippen LogP contribution is -2.16. The Labute approximate surface area is 144 Å². The molecule has 25 heavy (non-hydrogen) atoms. The molecule has 9 heteroatoms. The van der Waals surface area contributed by atoms with Crippen molar-refractivity contribution in [2.45, 2.75) is 37.5 Å². The van der Waals surface area contributed by atoms with Gasteiger partial charge in [-0.2, -0.15) is 26.3 Å². The molecule has 0 amide bonds. The summed E-state index contributed by atoms with van der Waals surface area (Å²) in [5.41, 5.74) is -2.96. The van der Waals surface area contributed by atoms with Crippen molar-refractivity contribution in [2.75, 3.05) is 13.1 Å². The van der Waals surface area contributed by atoms with E-state index in [1.165, 1.54) is 6.08 Å². The van der Waals surface area contributed by atoms with Crippen molar-refractivity contribution in [3.8, 4) is 0 Å². The summed E-state index contributed by atoms with van der Waals surface area (Å²) in [6.07, 6.45) is -7.58. The van der Waals surface area contributed by atoms with Gasteiger partial charge in [0.15, 0.2) is 0 Å². The molecule has 0 bridgehead atoms. The number of rotatable bonds is 7. The normalized spacial score (nSPS) is 14.4. The van der Waals surface area contributed by atoms with E-state index in [1.54, 1.807) is 0 Å². The molecule has 0 radical (unpaired) electrons. The lowest BCUT2D eigenvalue weighted by molar-refractivity contribution is -0.143. The van der Waals surface area contributed by atoms with Crippen LogP contribution < -0.4 is 5.32 Å². The van der Waals surface area contributed by atoms with Crippen LogP contribution in [0.15, 0.2) is 34.6 Å². The second-order valence-electron chi connectivity index (χ2n) is 5.80. The van der Waals surface area contributed by atoms with Crippen molar-refractivity contribution in [3.05, 3.63) is 40.8 Å². The van der Waals surface area contributed by atoms with Crippen LogP contribution in [0.5, 0.6) is 0 Å². The summed E-state index contributed by atoms with van der Waals surface area (Å²) in [6, 6.07) is 0.960. The average Bonchev–Trinajstić information content (AvgIpc) is 2.48. The lowest BCUT2D eigenvalue weighted by atomic mass is 10.1. The number of hydrogen-bond donors (Lipinski definition) is 1. The van der Waals surface area contributed by atoms with Crippen molar-refractivity contribution < 1.29 is 30.6 Å². The molecule has 0 saturated heterocycles. The molecule has 0 fully saturated rings. The summed E-state index contributed by atoms with van der Waals surface area (Å²) in [7, 11) is -2.11. The van der Waals surface area contributed by atoms with Crippen LogP contribution in [-0.4, -0.2) is 17.3 Å². The first kappa shape index (κ1) is 21.7. The molecule has 2 nitrogen and oxygen atoms in total. The van der Waals surface area contributed by atoms with Gasteiger partial charge in [-0.15, -0.1) is 0 Å². The largest absolute Gasteiger partial charge is 0.416 e. The number of alkyl halides is 6. The van der Waals surface area contributed by atoms with Gasteiger partial charge >= 0.3 is 12.4 Å². The molecule has 1 N–H and O–H groups in total. The molecule has 0 saturated carbocycles. The van der Waals surface area contributed by atoms with Crippen LogP contribution in [0.1, 0.15) is 31.4 Å². The molecule has 1 rings (SSSR count). The van der Waals surface area contributed by atoms with Crippen LogP contribution in [0.2, 0.25) is 0 Å². The summed E-state index contributed by atoms with van der Waals surface area (Å²) in [5, 5.41) is 4.09. The zero-order valence-corrected chi connectivity index (χ0v) is 14.5. The highest BCUT2D eigenvalue weighted by atomic mass is 32.2. The van der Waals surface area contributed by atoms with Gasteiger partial charge in [0.2, 0.25) is 0 Å². The Morgan fingerprint density at radius 1 is 1.04 bits per heavy atom. The molecule has 1 aromatic rings. The van der Waals surface area contributed by atoms with Gasteiger partial charge in [0.1, 0.15) is 0 Å². The van der Waals surface area contributed by atoms with Gasteiger partial charge in [-0.25, -0.2) is 4.21 Å². The van der Waals surface area contributed by atoms with Crippen molar-refractivity contribution in [1.29, 1.82) is 0 Å². The fourth-order valence-electron chi connectivity index (χ4n) is 1.83. The molecular weight excluding hydrogens is 368 g/mol. The number of halogens is 6. The van der Waals surface area contributed by atoms with Crippen molar-refractivity contribution in [2.24, 2.45) is 5.92 Å². The van der Waals surface area contributed by atoms with Crippen molar-refractivity contribution in [3.63, 3.8) is 0 Å². The van der Waals surface area contributed by atoms with E-state index in [4.69, 9.17) is 0 Å². The van der Waals surface area contributed by atoms with E-state index in [1.807, 2.05) is 13.8 Å². The molecule has 0 spiro atoms. The average molecular weight is 387 g/mol. The summed E-state index contributed by atoms with van der Waals surface area (Å²) >= 11 is 0. The molecule has 0 aromatic heterocycles. The van der Waals surface area contributed by atoms with Gasteiger partial charge in [-0.3, -0.25) is 0 Å². The van der Waals surface area contributed by atoms with E-state index in [0.717, 1.165) is 11.8 Å². The maximum absolute atomic E-state index is 12.8. The van der Waals surface area contributed by atoms with Gasteiger partial charge in [0.25, 0.3) is 0 Å². The lowest BCUT2D eigenvalue weighted by Gasteiger charge is -2.13. The third kappa shape index (κ3) is 7.60. The zero-order chi connectivity index (χ0) is 19.3. The molecule has 0 aliphatic rings. The van der Waals surface area contributed by atoms with Crippen LogP contribution in [0.4, 0.5) is 26.3 Å². The smallest absolute Gasteiger partial charge is 0.313 e. The maximum atomic E-state index is 12.8. The standard InChI is InChI=1S/C16H19F6NOS/c1-11(2)4-6-23-5-3-7-25(24)14-9-12(15(17,18)19)8-13(10-14)16(20,21)22/h3,7-11,23H,4-6H2,1-2H3/b7-3+. The van der Waals surface area contributed by atoms with Crippen LogP contribution in [0, 0.1) is 5.92 Å². The zero-order valence-electron chi connectivity index (χ0n) is 13.7. The Morgan fingerprint density at radius 2 is 1.56 bits per heavy atom. The van der Waals surface area contributed by atoms with Crippen LogP contribution in [0.3, 0.4) is 0 Å². The predicted molar refractivity (Wildman–Crippen MR) is 84.3 cm³/mol. The summed E-state index contributed by atoms with van der Waals surface area (Å²) in [5.74, 6) is 0.497. The molecule has 0 aliphatic heterocycles.